The van der Waals surface area contributed by atoms with Crippen molar-refractivity contribution < 1.29 is 14.6 Å². The Morgan fingerprint density at radius 2 is 2.39 bits per heavy atom. The molecule has 100 valence electrons. The number of aliphatic hydroxyl groups excluding tert-OH is 1. The van der Waals surface area contributed by atoms with Crippen molar-refractivity contribution >= 4 is 11.8 Å². The molecule has 1 unspecified atom stereocenters. The maximum Gasteiger partial charge on any atom is 0.341 e. The second-order valence-electron chi connectivity index (χ2n) is 4.12. The van der Waals surface area contributed by atoms with E-state index in [0.29, 0.717) is 36.9 Å². The molecular formula is C13H20N2O3. The normalized spacial score (nSPS) is 11.9. The zero-order valence-corrected chi connectivity index (χ0v) is 10.8. The molecule has 5 nitrogen and oxygen atoms in total. The van der Waals surface area contributed by atoms with Crippen LogP contribution in [0.4, 0.5) is 5.82 Å². The highest BCUT2D eigenvalue weighted by atomic mass is 16.5. The summed E-state index contributed by atoms with van der Waals surface area (Å²) in [6.45, 7) is 4.95. The smallest absolute Gasteiger partial charge is 0.341 e. The van der Waals surface area contributed by atoms with E-state index in [2.05, 4.69) is 10.3 Å². The number of hydrogen-bond acceptors (Lipinski definition) is 5. The Labute approximate surface area is 107 Å². The lowest BCUT2D eigenvalue weighted by Crippen LogP contribution is -2.16. The van der Waals surface area contributed by atoms with Gasteiger partial charge in [-0.3, -0.25) is 0 Å². The van der Waals surface area contributed by atoms with Crippen molar-refractivity contribution in [2.24, 2.45) is 5.92 Å². The van der Waals surface area contributed by atoms with Gasteiger partial charge in [-0.05, 0) is 31.4 Å². The predicted octanol–water partition coefficient (Wildman–Crippen LogP) is 1.69. The second kappa shape index (κ2) is 7.66. The van der Waals surface area contributed by atoms with Gasteiger partial charge in [0.15, 0.2) is 0 Å². The molecule has 1 atom stereocenters. The van der Waals surface area contributed by atoms with E-state index in [1.807, 2.05) is 6.92 Å². The third kappa shape index (κ3) is 4.33. The number of esters is 1. The van der Waals surface area contributed by atoms with Gasteiger partial charge in [0, 0.05) is 19.3 Å². The monoisotopic (exact) mass is 252 g/mol. The first-order valence-electron chi connectivity index (χ1n) is 6.15. The second-order valence-corrected chi connectivity index (χ2v) is 4.12. The lowest BCUT2D eigenvalue weighted by Gasteiger charge is -2.13. The molecule has 18 heavy (non-hydrogen) atoms. The minimum atomic E-state index is -0.372. The van der Waals surface area contributed by atoms with Gasteiger partial charge in [-0.2, -0.15) is 0 Å². The molecule has 0 aromatic carbocycles. The van der Waals surface area contributed by atoms with E-state index >= 15 is 0 Å². The number of pyridine rings is 1. The number of aromatic nitrogens is 1. The lowest BCUT2D eigenvalue weighted by molar-refractivity contribution is 0.0527. The Bertz CT molecular complexity index is 382. The molecule has 1 heterocycles. The van der Waals surface area contributed by atoms with Crippen molar-refractivity contribution in [2.45, 2.75) is 20.3 Å². The minimum Gasteiger partial charge on any atom is -0.462 e. The number of carbonyl (C=O) groups excluding carboxylic acids is 1. The Balaban J connectivity index is 2.67. The first-order valence-corrected chi connectivity index (χ1v) is 6.15. The summed E-state index contributed by atoms with van der Waals surface area (Å²) in [6.07, 6.45) is 2.34. The lowest BCUT2D eigenvalue weighted by atomic mass is 10.1. The van der Waals surface area contributed by atoms with E-state index in [4.69, 9.17) is 9.84 Å². The third-order valence-corrected chi connectivity index (χ3v) is 2.54. The highest BCUT2D eigenvalue weighted by Crippen LogP contribution is 2.14. The summed E-state index contributed by atoms with van der Waals surface area (Å²) in [5, 5.41) is 11.9. The number of nitrogens with zero attached hydrogens (tertiary/aromatic N) is 1. The van der Waals surface area contributed by atoms with Gasteiger partial charge in [0.1, 0.15) is 11.4 Å². The van der Waals surface area contributed by atoms with Crippen molar-refractivity contribution in [3.63, 3.8) is 0 Å². The summed E-state index contributed by atoms with van der Waals surface area (Å²) < 4.78 is 4.96. The molecule has 1 aromatic heterocycles. The highest BCUT2D eigenvalue weighted by molar-refractivity contribution is 5.94. The summed E-state index contributed by atoms with van der Waals surface area (Å²) in [4.78, 5) is 15.8. The molecule has 0 bridgehead atoms. The Kier molecular flexibility index (Phi) is 6.14. The average Bonchev–Trinajstić information content (AvgIpc) is 2.37. The fourth-order valence-electron chi connectivity index (χ4n) is 1.51. The number of anilines is 1. The Hall–Kier alpha value is -1.62. The van der Waals surface area contributed by atoms with Gasteiger partial charge in [-0.25, -0.2) is 9.78 Å². The maximum atomic E-state index is 11.7. The zero-order valence-electron chi connectivity index (χ0n) is 10.8. The van der Waals surface area contributed by atoms with Crippen LogP contribution in [0, 0.1) is 5.92 Å². The molecule has 0 spiro atoms. The predicted molar refractivity (Wildman–Crippen MR) is 69.6 cm³/mol. The van der Waals surface area contributed by atoms with Crippen LogP contribution >= 0.6 is 0 Å². The van der Waals surface area contributed by atoms with Crippen LogP contribution in [0.2, 0.25) is 0 Å². The third-order valence-electron chi connectivity index (χ3n) is 2.54. The largest absolute Gasteiger partial charge is 0.462 e. The van der Waals surface area contributed by atoms with E-state index in [9.17, 15) is 4.79 Å². The van der Waals surface area contributed by atoms with Crippen molar-refractivity contribution in [1.82, 2.24) is 4.98 Å². The molecule has 1 aromatic rings. The molecule has 0 radical (unpaired) electrons. The molecule has 0 aliphatic carbocycles. The van der Waals surface area contributed by atoms with Gasteiger partial charge in [0.25, 0.3) is 0 Å². The first-order chi connectivity index (χ1) is 8.69. The number of aliphatic hydroxyl groups is 1. The molecule has 2 N–H and O–H groups in total. The van der Waals surface area contributed by atoms with Crippen LogP contribution < -0.4 is 5.32 Å². The van der Waals surface area contributed by atoms with E-state index in [1.54, 1.807) is 25.3 Å². The molecular weight excluding hydrogens is 232 g/mol. The number of rotatable bonds is 7. The van der Waals surface area contributed by atoms with E-state index in [1.165, 1.54) is 0 Å². The molecule has 0 fully saturated rings. The van der Waals surface area contributed by atoms with Crippen LogP contribution in [-0.4, -0.2) is 35.8 Å². The Morgan fingerprint density at radius 1 is 1.61 bits per heavy atom. The first kappa shape index (κ1) is 14.4. The summed E-state index contributed by atoms with van der Waals surface area (Å²) >= 11 is 0. The standard InChI is InChI=1S/C13H20N2O3/c1-3-18-13(17)11-5-4-7-14-12(11)15-9-10(2)6-8-16/h4-5,7,10,16H,3,6,8-9H2,1-2H3,(H,14,15). The topological polar surface area (TPSA) is 71.5 Å². The molecule has 0 aliphatic rings. The number of hydrogen-bond donors (Lipinski definition) is 2. The average molecular weight is 252 g/mol. The van der Waals surface area contributed by atoms with Gasteiger partial charge >= 0.3 is 5.97 Å². The number of ether oxygens (including phenoxy) is 1. The molecule has 5 heteroatoms. The van der Waals surface area contributed by atoms with Crippen LogP contribution in [0.1, 0.15) is 30.6 Å². The molecule has 0 saturated heterocycles. The van der Waals surface area contributed by atoms with E-state index in [0.717, 1.165) is 0 Å². The summed E-state index contributed by atoms with van der Waals surface area (Å²) in [5.41, 5.74) is 0.440. The van der Waals surface area contributed by atoms with Crippen molar-refractivity contribution in [3.8, 4) is 0 Å². The number of nitrogens with one attached hydrogen (secondary N) is 1. The van der Waals surface area contributed by atoms with Gasteiger partial charge in [-0.15, -0.1) is 0 Å². The van der Waals surface area contributed by atoms with Crippen LogP contribution in [0.25, 0.3) is 0 Å². The van der Waals surface area contributed by atoms with Crippen LogP contribution in [0.3, 0.4) is 0 Å². The minimum absolute atomic E-state index is 0.162. The van der Waals surface area contributed by atoms with Crippen LogP contribution in [-0.2, 0) is 4.74 Å². The quantitative estimate of drug-likeness (QED) is 0.722. The highest BCUT2D eigenvalue weighted by Gasteiger charge is 2.13. The molecule has 0 aliphatic heterocycles. The van der Waals surface area contributed by atoms with E-state index in [-0.39, 0.29) is 12.6 Å². The summed E-state index contributed by atoms with van der Waals surface area (Å²) in [6, 6.07) is 3.39. The zero-order chi connectivity index (χ0) is 13.4. The molecule has 0 saturated carbocycles. The van der Waals surface area contributed by atoms with Gasteiger partial charge < -0.3 is 15.2 Å². The summed E-state index contributed by atoms with van der Waals surface area (Å²) in [7, 11) is 0. The van der Waals surface area contributed by atoms with Crippen LogP contribution in [0.5, 0.6) is 0 Å². The van der Waals surface area contributed by atoms with Crippen LogP contribution in [0.15, 0.2) is 18.3 Å². The summed E-state index contributed by atoms with van der Waals surface area (Å²) in [5.74, 6) is 0.468. The molecule has 0 amide bonds. The number of carbonyl (C=O) groups is 1. The molecule has 1 rings (SSSR count). The Morgan fingerprint density at radius 3 is 3.06 bits per heavy atom. The fourth-order valence-corrected chi connectivity index (χ4v) is 1.51. The maximum absolute atomic E-state index is 11.7. The SMILES string of the molecule is CCOC(=O)c1cccnc1NCC(C)CCO. The van der Waals surface area contributed by atoms with Crippen molar-refractivity contribution in [2.75, 3.05) is 25.1 Å². The van der Waals surface area contributed by atoms with Crippen molar-refractivity contribution in [3.05, 3.63) is 23.9 Å². The fraction of sp³-hybridized carbons (Fsp3) is 0.538. The van der Waals surface area contributed by atoms with Gasteiger partial charge in [0.2, 0.25) is 0 Å². The van der Waals surface area contributed by atoms with Gasteiger partial charge in [0.05, 0.1) is 6.61 Å². The van der Waals surface area contributed by atoms with Gasteiger partial charge in [-0.1, -0.05) is 6.92 Å². The van der Waals surface area contributed by atoms with E-state index < -0.39 is 0 Å². The van der Waals surface area contributed by atoms with Crippen molar-refractivity contribution in [1.29, 1.82) is 0 Å².